The molecule has 0 bridgehead atoms. The average molecular weight is 268 g/mol. The fourth-order valence-corrected chi connectivity index (χ4v) is 1.66. The molecule has 1 atom stereocenters. The summed E-state index contributed by atoms with van der Waals surface area (Å²) in [6.07, 6.45) is 0. The number of benzene rings is 1. The van der Waals surface area contributed by atoms with Gasteiger partial charge in [-0.15, -0.1) is 0 Å². The van der Waals surface area contributed by atoms with E-state index in [4.69, 9.17) is 18.0 Å². The number of amides is 1. The Morgan fingerprint density at radius 1 is 1.50 bits per heavy atom. The standard InChI is InChI=1S/C13H17FN2OS/c1-3-16(8-9(2)12(15)18)13(17)10-6-4-5-7-11(10)14/h4-7,9H,3,8H2,1-2H3,(H2,15,18). The Morgan fingerprint density at radius 2 is 2.11 bits per heavy atom. The highest BCUT2D eigenvalue weighted by atomic mass is 32.1. The van der Waals surface area contributed by atoms with Gasteiger partial charge in [0.25, 0.3) is 5.91 Å². The minimum atomic E-state index is -0.510. The van der Waals surface area contributed by atoms with Crippen molar-refractivity contribution in [2.24, 2.45) is 11.7 Å². The molecule has 0 spiro atoms. The van der Waals surface area contributed by atoms with Crippen molar-refractivity contribution in [3.63, 3.8) is 0 Å². The van der Waals surface area contributed by atoms with Crippen molar-refractivity contribution in [2.75, 3.05) is 13.1 Å². The number of carbonyl (C=O) groups excluding carboxylic acids is 1. The number of hydrogen-bond acceptors (Lipinski definition) is 2. The summed E-state index contributed by atoms with van der Waals surface area (Å²) >= 11 is 4.88. The molecule has 1 amide bonds. The van der Waals surface area contributed by atoms with E-state index in [9.17, 15) is 9.18 Å². The van der Waals surface area contributed by atoms with E-state index in [0.29, 0.717) is 18.1 Å². The van der Waals surface area contributed by atoms with Gasteiger partial charge in [-0.05, 0) is 19.1 Å². The molecule has 1 unspecified atom stereocenters. The second-order valence-electron chi connectivity index (χ2n) is 4.13. The highest BCUT2D eigenvalue weighted by Gasteiger charge is 2.20. The van der Waals surface area contributed by atoms with Crippen LogP contribution in [0.15, 0.2) is 24.3 Å². The van der Waals surface area contributed by atoms with Gasteiger partial charge < -0.3 is 10.6 Å². The van der Waals surface area contributed by atoms with Gasteiger partial charge in [0.05, 0.1) is 10.6 Å². The molecule has 0 saturated carbocycles. The molecule has 2 N–H and O–H groups in total. The Morgan fingerprint density at radius 3 is 2.61 bits per heavy atom. The second-order valence-corrected chi connectivity index (χ2v) is 4.60. The van der Waals surface area contributed by atoms with Crippen molar-refractivity contribution in [1.29, 1.82) is 0 Å². The topological polar surface area (TPSA) is 46.3 Å². The van der Waals surface area contributed by atoms with E-state index >= 15 is 0 Å². The summed E-state index contributed by atoms with van der Waals surface area (Å²) in [5.74, 6) is -0.932. The van der Waals surface area contributed by atoms with Crippen LogP contribution < -0.4 is 5.73 Å². The van der Waals surface area contributed by atoms with Crippen molar-refractivity contribution in [3.05, 3.63) is 35.6 Å². The zero-order valence-corrected chi connectivity index (χ0v) is 11.3. The van der Waals surface area contributed by atoms with Crippen LogP contribution in [0.5, 0.6) is 0 Å². The molecule has 0 aliphatic heterocycles. The molecule has 0 aliphatic rings. The van der Waals surface area contributed by atoms with Crippen LogP contribution in [0.1, 0.15) is 24.2 Å². The average Bonchev–Trinajstić information content (AvgIpc) is 2.35. The van der Waals surface area contributed by atoms with E-state index in [1.54, 1.807) is 17.0 Å². The lowest BCUT2D eigenvalue weighted by atomic mass is 10.1. The Bertz CT molecular complexity index is 450. The molecule has 0 aromatic heterocycles. The van der Waals surface area contributed by atoms with E-state index in [-0.39, 0.29) is 17.4 Å². The zero-order chi connectivity index (χ0) is 13.7. The Hall–Kier alpha value is -1.49. The quantitative estimate of drug-likeness (QED) is 0.833. The second kappa shape index (κ2) is 6.44. The molecule has 1 aromatic carbocycles. The Labute approximate surface area is 112 Å². The van der Waals surface area contributed by atoms with Crippen molar-refractivity contribution in [2.45, 2.75) is 13.8 Å². The van der Waals surface area contributed by atoms with Crippen LogP contribution in [0.25, 0.3) is 0 Å². The maximum Gasteiger partial charge on any atom is 0.256 e. The highest BCUT2D eigenvalue weighted by Crippen LogP contribution is 2.11. The molecule has 5 heteroatoms. The fourth-order valence-electron chi connectivity index (χ4n) is 1.58. The first kappa shape index (κ1) is 14.6. The largest absolute Gasteiger partial charge is 0.393 e. The smallest absolute Gasteiger partial charge is 0.256 e. The molecule has 1 aromatic rings. The number of hydrogen-bond donors (Lipinski definition) is 1. The lowest BCUT2D eigenvalue weighted by Crippen LogP contribution is -2.38. The third kappa shape index (κ3) is 3.50. The minimum absolute atomic E-state index is 0.0782. The van der Waals surface area contributed by atoms with Crippen LogP contribution in [-0.4, -0.2) is 28.9 Å². The van der Waals surface area contributed by atoms with Gasteiger partial charge in [0.2, 0.25) is 0 Å². The lowest BCUT2D eigenvalue weighted by molar-refractivity contribution is 0.0750. The highest BCUT2D eigenvalue weighted by molar-refractivity contribution is 7.80. The number of thiocarbonyl (C=S) groups is 1. The number of nitrogens with two attached hydrogens (primary N) is 1. The van der Waals surface area contributed by atoms with Crippen molar-refractivity contribution in [1.82, 2.24) is 4.90 Å². The first-order valence-corrected chi connectivity index (χ1v) is 6.21. The van der Waals surface area contributed by atoms with Crippen LogP contribution in [0, 0.1) is 11.7 Å². The summed E-state index contributed by atoms with van der Waals surface area (Å²) in [4.78, 5) is 14.1. The maximum atomic E-state index is 13.5. The summed E-state index contributed by atoms with van der Waals surface area (Å²) in [6, 6.07) is 5.95. The van der Waals surface area contributed by atoms with Gasteiger partial charge in [-0.3, -0.25) is 4.79 Å². The van der Waals surface area contributed by atoms with Crippen molar-refractivity contribution < 1.29 is 9.18 Å². The van der Waals surface area contributed by atoms with Gasteiger partial charge in [0.1, 0.15) is 5.82 Å². The monoisotopic (exact) mass is 268 g/mol. The molecular formula is C13H17FN2OS. The van der Waals surface area contributed by atoms with Crippen LogP contribution >= 0.6 is 12.2 Å². The van der Waals surface area contributed by atoms with E-state index in [1.165, 1.54) is 12.1 Å². The molecule has 1 rings (SSSR count). The van der Waals surface area contributed by atoms with Crippen molar-refractivity contribution in [3.8, 4) is 0 Å². The maximum absolute atomic E-state index is 13.5. The molecule has 0 heterocycles. The van der Waals surface area contributed by atoms with Crippen LogP contribution in [0.3, 0.4) is 0 Å². The predicted octanol–water partition coefficient (Wildman–Crippen LogP) is 2.21. The van der Waals surface area contributed by atoms with E-state index in [2.05, 4.69) is 0 Å². The molecule has 0 radical (unpaired) electrons. The van der Waals surface area contributed by atoms with Gasteiger partial charge >= 0.3 is 0 Å². The minimum Gasteiger partial charge on any atom is -0.393 e. The summed E-state index contributed by atoms with van der Waals surface area (Å²) < 4.78 is 13.5. The van der Waals surface area contributed by atoms with Gasteiger partial charge in [0, 0.05) is 19.0 Å². The summed E-state index contributed by atoms with van der Waals surface area (Å²) in [7, 11) is 0. The van der Waals surface area contributed by atoms with E-state index in [1.807, 2.05) is 13.8 Å². The van der Waals surface area contributed by atoms with Crippen molar-refractivity contribution >= 4 is 23.1 Å². The first-order valence-electron chi connectivity index (χ1n) is 5.80. The summed E-state index contributed by atoms with van der Waals surface area (Å²) in [5.41, 5.74) is 5.61. The Kier molecular flexibility index (Phi) is 5.22. The van der Waals surface area contributed by atoms with Crippen LogP contribution in [0.4, 0.5) is 4.39 Å². The molecule has 0 fully saturated rings. The van der Waals surface area contributed by atoms with E-state index < -0.39 is 5.82 Å². The molecule has 18 heavy (non-hydrogen) atoms. The third-order valence-electron chi connectivity index (χ3n) is 2.75. The molecule has 3 nitrogen and oxygen atoms in total. The van der Waals surface area contributed by atoms with Crippen LogP contribution in [-0.2, 0) is 0 Å². The Balaban J connectivity index is 2.86. The van der Waals surface area contributed by atoms with Gasteiger partial charge in [0.15, 0.2) is 0 Å². The van der Waals surface area contributed by atoms with Gasteiger partial charge in [-0.2, -0.15) is 0 Å². The normalized spacial score (nSPS) is 11.9. The number of halogens is 1. The SMILES string of the molecule is CCN(CC(C)C(N)=S)C(=O)c1ccccc1F. The third-order valence-corrected chi connectivity index (χ3v) is 3.16. The predicted molar refractivity (Wildman–Crippen MR) is 73.9 cm³/mol. The molecule has 0 aliphatic carbocycles. The fraction of sp³-hybridized carbons (Fsp3) is 0.385. The summed E-state index contributed by atoms with van der Waals surface area (Å²) in [5, 5.41) is 0. The number of carbonyl (C=O) groups is 1. The summed E-state index contributed by atoms with van der Waals surface area (Å²) in [6.45, 7) is 4.57. The van der Waals surface area contributed by atoms with Crippen LogP contribution in [0.2, 0.25) is 0 Å². The molecule has 0 saturated heterocycles. The lowest BCUT2D eigenvalue weighted by Gasteiger charge is -2.24. The molecular weight excluding hydrogens is 251 g/mol. The number of rotatable bonds is 5. The molecule has 98 valence electrons. The first-order chi connectivity index (χ1) is 8.47. The number of nitrogens with zero attached hydrogens (tertiary/aromatic N) is 1. The van der Waals surface area contributed by atoms with Gasteiger partial charge in [-0.25, -0.2) is 4.39 Å². The van der Waals surface area contributed by atoms with Gasteiger partial charge in [-0.1, -0.05) is 31.3 Å². The zero-order valence-electron chi connectivity index (χ0n) is 10.5. The van der Waals surface area contributed by atoms with E-state index in [0.717, 1.165) is 0 Å².